The summed E-state index contributed by atoms with van der Waals surface area (Å²) in [6, 6.07) is 4.27. The molecule has 0 unspecified atom stereocenters. The summed E-state index contributed by atoms with van der Waals surface area (Å²) in [6.45, 7) is 8.43. The van der Waals surface area contributed by atoms with Crippen molar-refractivity contribution < 1.29 is 0 Å². The van der Waals surface area contributed by atoms with Crippen LogP contribution in [0.5, 0.6) is 0 Å². The van der Waals surface area contributed by atoms with Gasteiger partial charge < -0.3 is 0 Å². The first-order valence-electron chi connectivity index (χ1n) is 3.84. The summed E-state index contributed by atoms with van der Waals surface area (Å²) >= 11 is 1.83. The van der Waals surface area contributed by atoms with Gasteiger partial charge >= 0.3 is 0 Å². The Balaban J connectivity index is 0.000000371. The standard InChI is InChI=1S/C7H10S.C2H6/c1-6(2)7-4-3-5-8-7;1-2/h3-6H,1-2H3;1-2H3. The topological polar surface area (TPSA) is 0 Å². The highest BCUT2D eigenvalue weighted by atomic mass is 32.1. The predicted molar refractivity (Wildman–Crippen MR) is 49.8 cm³/mol. The zero-order valence-electron chi connectivity index (χ0n) is 7.22. The van der Waals surface area contributed by atoms with Crippen molar-refractivity contribution in [1.82, 2.24) is 0 Å². The fraction of sp³-hybridized carbons (Fsp3) is 0.556. The fourth-order valence-electron chi connectivity index (χ4n) is 0.620. The smallest absolute Gasteiger partial charge is 0.00706 e. The highest BCUT2D eigenvalue weighted by Gasteiger charge is 1.95. The molecule has 0 amide bonds. The molecule has 0 atom stereocenters. The van der Waals surface area contributed by atoms with E-state index in [9.17, 15) is 0 Å². The molecule has 0 saturated heterocycles. The third-order valence-electron chi connectivity index (χ3n) is 1.11. The summed E-state index contributed by atoms with van der Waals surface area (Å²) < 4.78 is 0. The molecule has 0 radical (unpaired) electrons. The Bertz CT molecular complexity index is 140. The van der Waals surface area contributed by atoms with E-state index in [1.807, 2.05) is 25.2 Å². The van der Waals surface area contributed by atoms with E-state index in [-0.39, 0.29) is 0 Å². The zero-order chi connectivity index (χ0) is 7.98. The maximum absolute atomic E-state index is 2.21. The van der Waals surface area contributed by atoms with Crippen molar-refractivity contribution in [3.05, 3.63) is 22.4 Å². The van der Waals surface area contributed by atoms with Gasteiger partial charge in [-0.2, -0.15) is 0 Å². The van der Waals surface area contributed by atoms with Crippen molar-refractivity contribution in [3.63, 3.8) is 0 Å². The van der Waals surface area contributed by atoms with Gasteiger partial charge in [-0.15, -0.1) is 11.3 Å². The monoisotopic (exact) mass is 156 g/mol. The fourth-order valence-corrected chi connectivity index (χ4v) is 1.36. The molecule has 0 aliphatic rings. The Morgan fingerprint density at radius 3 is 2.10 bits per heavy atom. The van der Waals surface area contributed by atoms with Gasteiger partial charge in [-0.05, 0) is 17.4 Å². The first-order chi connectivity index (χ1) is 4.80. The van der Waals surface area contributed by atoms with Crippen LogP contribution < -0.4 is 0 Å². The van der Waals surface area contributed by atoms with Crippen LogP contribution in [0.1, 0.15) is 38.5 Å². The molecule has 0 aliphatic carbocycles. The SMILES string of the molecule is CC.CC(C)c1cccs1. The summed E-state index contributed by atoms with van der Waals surface area (Å²) in [5, 5.41) is 2.12. The van der Waals surface area contributed by atoms with Gasteiger partial charge in [0.25, 0.3) is 0 Å². The molecular weight excluding hydrogens is 140 g/mol. The first kappa shape index (κ1) is 9.70. The summed E-state index contributed by atoms with van der Waals surface area (Å²) in [5.74, 6) is 0.704. The molecule has 1 heterocycles. The number of rotatable bonds is 1. The molecule has 1 heteroatoms. The minimum Gasteiger partial charge on any atom is -0.149 e. The van der Waals surface area contributed by atoms with Crippen molar-refractivity contribution >= 4 is 11.3 Å². The lowest BCUT2D eigenvalue weighted by Gasteiger charge is -1.95. The Kier molecular flexibility index (Phi) is 5.32. The van der Waals surface area contributed by atoms with Crippen LogP contribution in [0.2, 0.25) is 0 Å². The summed E-state index contributed by atoms with van der Waals surface area (Å²) in [4.78, 5) is 1.48. The summed E-state index contributed by atoms with van der Waals surface area (Å²) in [6.07, 6.45) is 0. The maximum atomic E-state index is 2.21. The third-order valence-corrected chi connectivity index (χ3v) is 2.29. The van der Waals surface area contributed by atoms with Crippen molar-refractivity contribution in [3.8, 4) is 0 Å². The van der Waals surface area contributed by atoms with E-state index in [1.54, 1.807) is 0 Å². The third kappa shape index (κ3) is 3.02. The lowest BCUT2D eigenvalue weighted by atomic mass is 10.2. The van der Waals surface area contributed by atoms with Gasteiger partial charge in [-0.25, -0.2) is 0 Å². The van der Waals surface area contributed by atoms with Gasteiger partial charge in [0.1, 0.15) is 0 Å². The minimum atomic E-state index is 0.704. The Labute approximate surface area is 67.9 Å². The van der Waals surface area contributed by atoms with Gasteiger partial charge in [-0.3, -0.25) is 0 Å². The highest BCUT2D eigenvalue weighted by molar-refractivity contribution is 7.10. The molecule has 1 aromatic heterocycles. The van der Waals surface area contributed by atoms with E-state index in [4.69, 9.17) is 0 Å². The van der Waals surface area contributed by atoms with E-state index in [1.165, 1.54) is 4.88 Å². The number of thiophene rings is 1. The van der Waals surface area contributed by atoms with Crippen LogP contribution in [0.15, 0.2) is 17.5 Å². The molecule has 0 aliphatic heterocycles. The van der Waals surface area contributed by atoms with E-state index < -0.39 is 0 Å². The van der Waals surface area contributed by atoms with Crippen LogP contribution in [-0.4, -0.2) is 0 Å². The normalized spacial score (nSPS) is 8.90. The average molecular weight is 156 g/mol. The molecule has 58 valence electrons. The van der Waals surface area contributed by atoms with E-state index >= 15 is 0 Å². The van der Waals surface area contributed by atoms with Crippen LogP contribution in [0.25, 0.3) is 0 Å². The van der Waals surface area contributed by atoms with Gasteiger partial charge in [-0.1, -0.05) is 33.8 Å². The van der Waals surface area contributed by atoms with Crippen LogP contribution >= 0.6 is 11.3 Å². The lowest BCUT2D eigenvalue weighted by molar-refractivity contribution is 0.890. The molecule has 0 spiro atoms. The first-order valence-corrected chi connectivity index (χ1v) is 4.72. The van der Waals surface area contributed by atoms with Gasteiger partial charge in [0.2, 0.25) is 0 Å². The number of hydrogen-bond acceptors (Lipinski definition) is 1. The van der Waals surface area contributed by atoms with Crippen molar-refractivity contribution in [2.24, 2.45) is 0 Å². The van der Waals surface area contributed by atoms with E-state index in [2.05, 4.69) is 31.4 Å². The van der Waals surface area contributed by atoms with E-state index in [0.29, 0.717) is 5.92 Å². The van der Waals surface area contributed by atoms with Crippen LogP contribution in [0.4, 0.5) is 0 Å². The number of hydrogen-bond donors (Lipinski definition) is 0. The molecule has 1 aromatic rings. The minimum absolute atomic E-state index is 0.704. The predicted octanol–water partition coefficient (Wildman–Crippen LogP) is 3.90. The molecule has 0 saturated carbocycles. The summed E-state index contributed by atoms with van der Waals surface area (Å²) in [7, 11) is 0. The van der Waals surface area contributed by atoms with Crippen molar-refractivity contribution in [1.29, 1.82) is 0 Å². The van der Waals surface area contributed by atoms with Crippen LogP contribution in [-0.2, 0) is 0 Å². The zero-order valence-corrected chi connectivity index (χ0v) is 8.03. The molecule has 0 bridgehead atoms. The van der Waals surface area contributed by atoms with Crippen LogP contribution in [0.3, 0.4) is 0 Å². The maximum Gasteiger partial charge on any atom is 0.00706 e. The second-order valence-electron chi connectivity index (χ2n) is 2.17. The van der Waals surface area contributed by atoms with Gasteiger partial charge in [0.15, 0.2) is 0 Å². The van der Waals surface area contributed by atoms with Crippen molar-refractivity contribution in [2.45, 2.75) is 33.6 Å². The molecule has 1 rings (SSSR count). The molecule has 0 aromatic carbocycles. The second kappa shape index (κ2) is 5.48. The Morgan fingerprint density at radius 2 is 1.90 bits per heavy atom. The molecule has 0 nitrogen and oxygen atoms in total. The largest absolute Gasteiger partial charge is 0.149 e. The Hall–Kier alpha value is -0.300. The molecule has 0 fully saturated rings. The van der Waals surface area contributed by atoms with Gasteiger partial charge in [0, 0.05) is 4.88 Å². The Morgan fingerprint density at radius 1 is 1.30 bits per heavy atom. The highest BCUT2D eigenvalue weighted by Crippen LogP contribution is 2.18. The molecular formula is C9H16S. The quantitative estimate of drug-likeness (QED) is 0.578. The lowest BCUT2D eigenvalue weighted by Crippen LogP contribution is -1.77. The van der Waals surface area contributed by atoms with Crippen LogP contribution in [0, 0.1) is 0 Å². The second-order valence-corrected chi connectivity index (χ2v) is 3.15. The average Bonchev–Trinajstić information content (AvgIpc) is 2.42. The summed E-state index contributed by atoms with van der Waals surface area (Å²) in [5.41, 5.74) is 0. The van der Waals surface area contributed by atoms with Gasteiger partial charge in [0.05, 0.1) is 0 Å². The van der Waals surface area contributed by atoms with Crippen molar-refractivity contribution in [2.75, 3.05) is 0 Å². The van der Waals surface area contributed by atoms with E-state index in [0.717, 1.165) is 0 Å². The molecule has 0 N–H and O–H groups in total. The molecule has 10 heavy (non-hydrogen) atoms.